The third-order valence-corrected chi connectivity index (χ3v) is 2.64. The Morgan fingerprint density at radius 3 is 2.88 bits per heavy atom. The first-order chi connectivity index (χ1) is 8.08. The summed E-state index contributed by atoms with van der Waals surface area (Å²) in [4.78, 5) is 24.2. The second-order valence-electron chi connectivity index (χ2n) is 3.95. The molecule has 1 unspecified atom stereocenters. The molecule has 6 nitrogen and oxygen atoms in total. The molecule has 1 heterocycles. The monoisotopic (exact) mass is 234 g/mol. The van der Waals surface area contributed by atoms with Gasteiger partial charge in [-0.1, -0.05) is 12.1 Å². The van der Waals surface area contributed by atoms with Gasteiger partial charge in [-0.3, -0.25) is 9.59 Å². The Kier molecular flexibility index (Phi) is 2.97. The molecule has 0 aliphatic carbocycles. The summed E-state index contributed by atoms with van der Waals surface area (Å²) in [6.07, 6.45) is 0. The molecule has 17 heavy (non-hydrogen) atoms. The van der Waals surface area contributed by atoms with Crippen LogP contribution in [0.5, 0.6) is 0 Å². The lowest BCUT2D eigenvalue weighted by molar-refractivity contribution is -0.119. The largest absolute Gasteiger partial charge is 0.368 e. The average Bonchev–Trinajstić information content (AvgIpc) is 2.28. The molecule has 0 fully saturated rings. The minimum Gasteiger partial charge on any atom is -0.368 e. The number of hydrogen-bond donors (Lipinski definition) is 3. The van der Waals surface area contributed by atoms with E-state index in [2.05, 4.69) is 5.32 Å². The number of nitrogens with one attached hydrogen (secondary N) is 1. The first-order valence-corrected chi connectivity index (χ1v) is 5.26. The number of nitrogens with zero attached hydrogens (tertiary/aromatic N) is 1. The van der Waals surface area contributed by atoms with Crippen molar-refractivity contribution < 1.29 is 9.59 Å². The molecular weight excluding hydrogens is 220 g/mol. The molecule has 2 rings (SSSR count). The lowest BCUT2D eigenvalue weighted by Gasteiger charge is -2.31. The smallest absolute Gasteiger partial charge is 0.243 e. The van der Waals surface area contributed by atoms with Crippen LogP contribution >= 0.6 is 0 Å². The van der Waals surface area contributed by atoms with E-state index < -0.39 is 11.9 Å². The number of hydrogen-bond acceptors (Lipinski definition) is 4. The fourth-order valence-electron chi connectivity index (χ4n) is 1.79. The summed E-state index contributed by atoms with van der Waals surface area (Å²) < 4.78 is 0. The van der Waals surface area contributed by atoms with Gasteiger partial charge in [0.05, 0.1) is 17.9 Å². The van der Waals surface area contributed by atoms with Gasteiger partial charge in [0.25, 0.3) is 0 Å². The Labute approximate surface area is 98.6 Å². The third kappa shape index (κ3) is 2.36. The fraction of sp³-hybridized carbons (Fsp3) is 0.273. The van der Waals surface area contributed by atoms with E-state index in [1.165, 1.54) is 0 Å². The van der Waals surface area contributed by atoms with Crippen molar-refractivity contribution in [2.24, 2.45) is 11.5 Å². The lowest BCUT2D eigenvalue weighted by atomic mass is 10.1. The number of anilines is 2. The molecule has 1 aliphatic rings. The van der Waals surface area contributed by atoms with E-state index in [1.807, 2.05) is 18.2 Å². The molecule has 1 atom stereocenters. The molecule has 0 radical (unpaired) electrons. The Balaban J connectivity index is 2.24. The van der Waals surface area contributed by atoms with Gasteiger partial charge in [0.1, 0.15) is 6.04 Å². The van der Waals surface area contributed by atoms with E-state index in [1.54, 1.807) is 11.0 Å². The molecule has 1 aliphatic heterocycles. The summed E-state index contributed by atoms with van der Waals surface area (Å²) in [5, 5.41) is 2.75. The van der Waals surface area contributed by atoms with Crippen molar-refractivity contribution in [2.75, 3.05) is 23.3 Å². The quantitative estimate of drug-likeness (QED) is 0.641. The highest BCUT2D eigenvalue weighted by atomic mass is 16.2. The zero-order valence-electron chi connectivity index (χ0n) is 9.22. The van der Waals surface area contributed by atoms with E-state index in [4.69, 9.17) is 11.5 Å². The predicted octanol–water partition coefficient (Wildman–Crippen LogP) is -0.742. The Bertz CT molecular complexity index is 461. The highest BCUT2D eigenvalue weighted by molar-refractivity contribution is 6.01. The highest BCUT2D eigenvalue weighted by Gasteiger charge is 2.24. The van der Waals surface area contributed by atoms with Crippen molar-refractivity contribution in [3.8, 4) is 0 Å². The fourth-order valence-corrected chi connectivity index (χ4v) is 1.79. The summed E-state index contributed by atoms with van der Waals surface area (Å²) in [5.41, 5.74) is 12.3. The van der Waals surface area contributed by atoms with Crippen LogP contribution in [-0.4, -0.2) is 30.9 Å². The van der Waals surface area contributed by atoms with Crippen LogP contribution in [0.2, 0.25) is 0 Å². The standard InChI is InChI=1S/C11H14N4O2/c12-7(11(13)17)5-15-6-10(16)14-8-3-1-2-4-9(8)15/h1-4,7H,5-6,12H2,(H2,13,17)(H,14,16). The lowest BCUT2D eigenvalue weighted by Crippen LogP contribution is -2.49. The zero-order valence-corrected chi connectivity index (χ0v) is 9.22. The van der Waals surface area contributed by atoms with Crippen LogP contribution in [0.15, 0.2) is 24.3 Å². The van der Waals surface area contributed by atoms with Crippen LogP contribution in [0.25, 0.3) is 0 Å². The van der Waals surface area contributed by atoms with Gasteiger partial charge in [-0.05, 0) is 12.1 Å². The third-order valence-electron chi connectivity index (χ3n) is 2.64. The van der Waals surface area contributed by atoms with Gasteiger partial charge in [-0.2, -0.15) is 0 Å². The van der Waals surface area contributed by atoms with Crippen LogP contribution in [0, 0.1) is 0 Å². The van der Waals surface area contributed by atoms with Crippen molar-refractivity contribution in [1.29, 1.82) is 0 Å². The number of nitrogens with two attached hydrogens (primary N) is 2. The summed E-state index contributed by atoms with van der Waals surface area (Å²) >= 11 is 0. The van der Waals surface area contributed by atoms with E-state index in [0.717, 1.165) is 11.4 Å². The Morgan fingerprint density at radius 1 is 1.47 bits per heavy atom. The van der Waals surface area contributed by atoms with Crippen molar-refractivity contribution in [3.63, 3.8) is 0 Å². The topological polar surface area (TPSA) is 101 Å². The molecule has 1 aromatic rings. The van der Waals surface area contributed by atoms with Crippen molar-refractivity contribution in [2.45, 2.75) is 6.04 Å². The van der Waals surface area contributed by atoms with Crippen LogP contribution in [0.4, 0.5) is 11.4 Å². The predicted molar refractivity (Wildman–Crippen MR) is 64.5 cm³/mol. The number of amides is 2. The van der Waals surface area contributed by atoms with Gasteiger partial charge in [0, 0.05) is 6.54 Å². The SMILES string of the molecule is NC(=O)C(N)CN1CC(=O)Nc2ccccc21. The molecular formula is C11H14N4O2. The molecule has 90 valence electrons. The average molecular weight is 234 g/mol. The van der Waals surface area contributed by atoms with E-state index >= 15 is 0 Å². The van der Waals surface area contributed by atoms with Crippen molar-refractivity contribution >= 4 is 23.2 Å². The zero-order chi connectivity index (χ0) is 12.4. The number of fused-ring (bicyclic) bond motifs is 1. The van der Waals surface area contributed by atoms with Crippen molar-refractivity contribution in [3.05, 3.63) is 24.3 Å². The number of rotatable bonds is 3. The molecule has 2 amide bonds. The Morgan fingerprint density at radius 2 is 2.18 bits per heavy atom. The van der Waals surface area contributed by atoms with Gasteiger partial charge >= 0.3 is 0 Å². The maximum atomic E-state index is 11.5. The second-order valence-corrected chi connectivity index (χ2v) is 3.95. The highest BCUT2D eigenvalue weighted by Crippen LogP contribution is 2.28. The van der Waals surface area contributed by atoms with Crippen LogP contribution in [-0.2, 0) is 9.59 Å². The number of benzene rings is 1. The van der Waals surface area contributed by atoms with Crippen LogP contribution in [0.1, 0.15) is 0 Å². The van der Waals surface area contributed by atoms with Crippen LogP contribution < -0.4 is 21.7 Å². The molecule has 0 spiro atoms. The first-order valence-electron chi connectivity index (χ1n) is 5.26. The van der Waals surface area contributed by atoms with Gasteiger partial charge in [-0.25, -0.2) is 0 Å². The molecule has 0 aromatic heterocycles. The first kappa shape index (κ1) is 11.4. The second kappa shape index (κ2) is 4.42. The minimum atomic E-state index is -0.783. The number of carbonyl (C=O) groups is 2. The van der Waals surface area contributed by atoms with Gasteiger partial charge < -0.3 is 21.7 Å². The van der Waals surface area contributed by atoms with E-state index in [-0.39, 0.29) is 19.0 Å². The van der Waals surface area contributed by atoms with E-state index in [9.17, 15) is 9.59 Å². The summed E-state index contributed by atoms with van der Waals surface area (Å²) in [7, 11) is 0. The van der Waals surface area contributed by atoms with Crippen molar-refractivity contribution in [1.82, 2.24) is 0 Å². The van der Waals surface area contributed by atoms with Crippen LogP contribution in [0.3, 0.4) is 0 Å². The molecule has 6 heteroatoms. The normalized spacial score (nSPS) is 16.1. The molecule has 0 bridgehead atoms. The molecule has 1 aromatic carbocycles. The summed E-state index contributed by atoms with van der Waals surface area (Å²) in [6.45, 7) is 0.414. The van der Waals surface area contributed by atoms with Gasteiger partial charge in [0.15, 0.2) is 0 Å². The maximum Gasteiger partial charge on any atom is 0.243 e. The Hall–Kier alpha value is -2.08. The number of carbonyl (C=O) groups excluding carboxylic acids is 2. The summed E-state index contributed by atoms with van der Waals surface area (Å²) in [6, 6.07) is 6.57. The molecule has 5 N–H and O–H groups in total. The van der Waals surface area contributed by atoms with E-state index in [0.29, 0.717) is 0 Å². The number of para-hydroxylation sites is 2. The molecule has 0 saturated carbocycles. The maximum absolute atomic E-state index is 11.5. The number of primary amides is 1. The van der Waals surface area contributed by atoms with Gasteiger partial charge in [0.2, 0.25) is 11.8 Å². The minimum absolute atomic E-state index is 0.125. The van der Waals surface area contributed by atoms with Gasteiger partial charge in [-0.15, -0.1) is 0 Å². The molecule has 0 saturated heterocycles. The summed E-state index contributed by atoms with van der Waals surface area (Å²) in [5.74, 6) is -0.700.